The van der Waals surface area contributed by atoms with E-state index in [0.717, 1.165) is 0 Å². The van der Waals surface area contributed by atoms with E-state index < -0.39 is 0 Å². The van der Waals surface area contributed by atoms with Gasteiger partial charge >= 0.3 is 0 Å². The number of allylic oxidation sites excluding steroid dienone is 2. The zero-order valence-electron chi connectivity index (χ0n) is 9.69. The molecular weight excluding hydrogens is 158 g/mol. The highest BCUT2D eigenvalue weighted by Crippen LogP contribution is 2.12. The summed E-state index contributed by atoms with van der Waals surface area (Å²) in [5.41, 5.74) is 0.304. The van der Waals surface area contributed by atoms with Gasteiger partial charge in [-0.3, -0.25) is 0 Å². The molecule has 0 aromatic rings. The number of unbranched alkanes of at least 4 members (excludes halogenated alkanes) is 2. The van der Waals surface area contributed by atoms with Crippen LogP contribution in [-0.2, 0) is 0 Å². The Morgan fingerprint density at radius 3 is 2.31 bits per heavy atom. The Hall–Kier alpha value is -0.300. The topological polar surface area (TPSA) is 12.0 Å². The lowest BCUT2D eigenvalue weighted by molar-refractivity contribution is 0.383. The van der Waals surface area contributed by atoms with E-state index >= 15 is 0 Å². The zero-order chi connectivity index (χ0) is 10.2. The summed E-state index contributed by atoms with van der Waals surface area (Å²) < 4.78 is 0. The minimum absolute atomic E-state index is 0.304. The SMILES string of the molecule is CCC/C=C/CCCC(C)(C)NC. The first-order valence-corrected chi connectivity index (χ1v) is 5.46. The molecule has 1 nitrogen and oxygen atoms in total. The molecule has 0 unspecified atom stereocenters. The fraction of sp³-hybridized carbons (Fsp3) is 0.833. The molecule has 0 amide bonds. The van der Waals surface area contributed by atoms with Crippen LogP contribution in [0.25, 0.3) is 0 Å². The van der Waals surface area contributed by atoms with Gasteiger partial charge in [0.05, 0.1) is 0 Å². The minimum Gasteiger partial charge on any atom is -0.315 e. The Morgan fingerprint density at radius 2 is 1.77 bits per heavy atom. The molecule has 0 saturated carbocycles. The average molecular weight is 183 g/mol. The van der Waals surface area contributed by atoms with E-state index in [2.05, 4.69) is 38.2 Å². The second kappa shape index (κ2) is 7.14. The Kier molecular flexibility index (Phi) is 6.97. The number of nitrogens with one attached hydrogen (secondary N) is 1. The second-order valence-electron chi connectivity index (χ2n) is 4.29. The van der Waals surface area contributed by atoms with Crippen molar-refractivity contribution < 1.29 is 0 Å². The van der Waals surface area contributed by atoms with Crippen LogP contribution in [0.15, 0.2) is 12.2 Å². The number of hydrogen-bond acceptors (Lipinski definition) is 1. The van der Waals surface area contributed by atoms with Gasteiger partial charge in [-0.05, 0) is 46.6 Å². The van der Waals surface area contributed by atoms with Gasteiger partial charge in [-0.2, -0.15) is 0 Å². The van der Waals surface area contributed by atoms with E-state index in [1.54, 1.807) is 0 Å². The van der Waals surface area contributed by atoms with Gasteiger partial charge in [0.2, 0.25) is 0 Å². The third-order valence-electron chi connectivity index (χ3n) is 2.47. The third kappa shape index (κ3) is 8.04. The Labute approximate surface area is 83.6 Å². The summed E-state index contributed by atoms with van der Waals surface area (Å²) in [7, 11) is 2.03. The van der Waals surface area contributed by atoms with Crippen molar-refractivity contribution in [1.29, 1.82) is 0 Å². The van der Waals surface area contributed by atoms with Gasteiger partial charge in [-0.25, -0.2) is 0 Å². The summed E-state index contributed by atoms with van der Waals surface area (Å²) in [6, 6.07) is 0. The summed E-state index contributed by atoms with van der Waals surface area (Å²) in [6.45, 7) is 6.72. The number of hydrogen-bond donors (Lipinski definition) is 1. The summed E-state index contributed by atoms with van der Waals surface area (Å²) in [5.74, 6) is 0. The van der Waals surface area contributed by atoms with Gasteiger partial charge in [-0.1, -0.05) is 25.5 Å². The molecule has 13 heavy (non-hydrogen) atoms. The lowest BCUT2D eigenvalue weighted by Crippen LogP contribution is -2.35. The van der Waals surface area contributed by atoms with E-state index in [1.165, 1.54) is 32.1 Å². The standard InChI is InChI=1S/C12H25N/c1-5-6-7-8-9-10-11-12(2,3)13-4/h7-8,13H,5-6,9-11H2,1-4H3/b8-7+. The van der Waals surface area contributed by atoms with Crippen molar-refractivity contribution in [2.24, 2.45) is 0 Å². The highest BCUT2D eigenvalue weighted by molar-refractivity contribution is 4.83. The van der Waals surface area contributed by atoms with Gasteiger partial charge in [0.25, 0.3) is 0 Å². The van der Waals surface area contributed by atoms with Crippen LogP contribution in [0.1, 0.15) is 52.9 Å². The Morgan fingerprint density at radius 1 is 1.15 bits per heavy atom. The van der Waals surface area contributed by atoms with Gasteiger partial charge in [0.15, 0.2) is 0 Å². The molecule has 0 fully saturated rings. The fourth-order valence-electron chi connectivity index (χ4n) is 1.19. The van der Waals surface area contributed by atoms with Crippen molar-refractivity contribution in [3.05, 3.63) is 12.2 Å². The van der Waals surface area contributed by atoms with E-state index in [4.69, 9.17) is 0 Å². The monoisotopic (exact) mass is 183 g/mol. The summed E-state index contributed by atoms with van der Waals surface area (Å²) in [4.78, 5) is 0. The van der Waals surface area contributed by atoms with Crippen molar-refractivity contribution in [2.45, 2.75) is 58.4 Å². The summed E-state index contributed by atoms with van der Waals surface area (Å²) in [5, 5.41) is 3.32. The van der Waals surface area contributed by atoms with Crippen LogP contribution in [0.3, 0.4) is 0 Å². The first kappa shape index (κ1) is 12.7. The van der Waals surface area contributed by atoms with Crippen LogP contribution < -0.4 is 5.32 Å². The normalized spacial score (nSPS) is 12.6. The Balaban J connectivity index is 3.35. The van der Waals surface area contributed by atoms with Gasteiger partial charge in [0.1, 0.15) is 0 Å². The molecule has 0 heterocycles. The molecule has 0 atom stereocenters. The number of rotatable bonds is 7. The first-order chi connectivity index (χ1) is 6.12. The quantitative estimate of drug-likeness (QED) is 0.470. The first-order valence-electron chi connectivity index (χ1n) is 5.46. The van der Waals surface area contributed by atoms with Crippen LogP contribution in [0.4, 0.5) is 0 Å². The van der Waals surface area contributed by atoms with E-state index in [-0.39, 0.29) is 0 Å². The predicted molar refractivity (Wildman–Crippen MR) is 61.0 cm³/mol. The van der Waals surface area contributed by atoms with Crippen molar-refractivity contribution in [1.82, 2.24) is 5.32 Å². The fourth-order valence-corrected chi connectivity index (χ4v) is 1.19. The van der Waals surface area contributed by atoms with Gasteiger partial charge < -0.3 is 5.32 Å². The maximum absolute atomic E-state index is 3.32. The molecule has 0 aromatic heterocycles. The van der Waals surface area contributed by atoms with Crippen LogP contribution in [0.2, 0.25) is 0 Å². The van der Waals surface area contributed by atoms with Crippen molar-refractivity contribution >= 4 is 0 Å². The molecule has 0 spiro atoms. The lowest BCUT2D eigenvalue weighted by Gasteiger charge is -2.23. The molecule has 0 bridgehead atoms. The lowest BCUT2D eigenvalue weighted by atomic mass is 9.97. The van der Waals surface area contributed by atoms with Crippen LogP contribution >= 0.6 is 0 Å². The second-order valence-corrected chi connectivity index (χ2v) is 4.29. The average Bonchev–Trinajstić information content (AvgIpc) is 2.11. The van der Waals surface area contributed by atoms with Crippen molar-refractivity contribution in [3.8, 4) is 0 Å². The smallest absolute Gasteiger partial charge is 0.0122 e. The molecule has 0 aromatic carbocycles. The summed E-state index contributed by atoms with van der Waals surface area (Å²) >= 11 is 0. The highest BCUT2D eigenvalue weighted by Gasteiger charge is 2.12. The molecule has 1 N–H and O–H groups in total. The minimum atomic E-state index is 0.304. The summed E-state index contributed by atoms with van der Waals surface area (Å²) in [6.07, 6.45) is 10.9. The zero-order valence-corrected chi connectivity index (χ0v) is 9.69. The molecule has 0 aliphatic carbocycles. The van der Waals surface area contributed by atoms with Crippen LogP contribution in [-0.4, -0.2) is 12.6 Å². The molecule has 0 saturated heterocycles. The molecule has 1 heteroatoms. The molecule has 0 aliphatic rings. The van der Waals surface area contributed by atoms with Crippen molar-refractivity contribution in [3.63, 3.8) is 0 Å². The van der Waals surface area contributed by atoms with Crippen molar-refractivity contribution in [2.75, 3.05) is 7.05 Å². The molecule has 0 radical (unpaired) electrons. The van der Waals surface area contributed by atoms with E-state index in [1.807, 2.05) is 7.05 Å². The maximum atomic E-state index is 3.32. The molecular formula is C12H25N. The third-order valence-corrected chi connectivity index (χ3v) is 2.47. The predicted octanol–water partition coefficient (Wildman–Crippen LogP) is 3.51. The molecule has 78 valence electrons. The molecule has 0 rings (SSSR count). The maximum Gasteiger partial charge on any atom is 0.0122 e. The van der Waals surface area contributed by atoms with Gasteiger partial charge in [-0.15, -0.1) is 0 Å². The van der Waals surface area contributed by atoms with Crippen LogP contribution in [0, 0.1) is 0 Å². The van der Waals surface area contributed by atoms with E-state index in [9.17, 15) is 0 Å². The largest absolute Gasteiger partial charge is 0.315 e. The molecule has 0 aliphatic heterocycles. The highest BCUT2D eigenvalue weighted by atomic mass is 14.9. The van der Waals surface area contributed by atoms with E-state index in [0.29, 0.717) is 5.54 Å². The van der Waals surface area contributed by atoms with Gasteiger partial charge in [0, 0.05) is 5.54 Å². The Bertz CT molecular complexity index is 136. The van der Waals surface area contributed by atoms with Crippen LogP contribution in [0.5, 0.6) is 0 Å².